The van der Waals surface area contributed by atoms with Crippen LogP contribution in [0.1, 0.15) is 56.9 Å². The number of aromatic nitrogens is 1. The number of morpholine rings is 1. The number of nitrogens with one attached hydrogen (secondary N) is 2. The Morgan fingerprint density at radius 3 is 2.67 bits per heavy atom. The van der Waals surface area contributed by atoms with E-state index in [1.807, 2.05) is 24.3 Å². The molecule has 152 valence electrons. The van der Waals surface area contributed by atoms with Crippen molar-refractivity contribution in [3.05, 3.63) is 69.9 Å². The molecule has 1 aliphatic heterocycles. The Balaban J connectivity index is 1.63. The minimum absolute atomic E-state index is 0.0255. The highest BCUT2D eigenvalue weighted by Gasteiger charge is 2.40. The molecule has 2 heterocycles. The Kier molecular flexibility index (Phi) is 4.15. The summed E-state index contributed by atoms with van der Waals surface area (Å²) in [6.45, 7) is 6.42. The molecule has 2 aliphatic rings. The Morgan fingerprint density at radius 1 is 1.17 bits per heavy atom. The molecule has 6 nitrogen and oxygen atoms in total. The Labute approximate surface area is 174 Å². The molecule has 0 radical (unpaired) electrons. The SMILES string of the molecule is CC1(C)c2cc(C(=O)N3CCOCC3)ccc2C(=O)c2c1[nH]c1cc(C=N)ccc21. The third kappa shape index (κ3) is 2.64. The standard InChI is InChI=1S/C24H23N3O3/c1-24(2)18-12-15(23(29)27-7-9-30-10-8-27)4-6-16(18)21(28)20-17-5-3-14(13-25)11-19(17)26-22(20)24/h3-6,11-13,25-26H,7-10H2,1-2H3. The van der Waals surface area contributed by atoms with Crippen LogP contribution in [0.2, 0.25) is 0 Å². The summed E-state index contributed by atoms with van der Waals surface area (Å²) >= 11 is 0. The van der Waals surface area contributed by atoms with Crippen molar-refractivity contribution < 1.29 is 14.3 Å². The monoisotopic (exact) mass is 401 g/mol. The fourth-order valence-corrected chi connectivity index (χ4v) is 4.62. The van der Waals surface area contributed by atoms with Crippen molar-refractivity contribution in [2.24, 2.45) is 0 Å². The molecule has 1 aliphatic carbocycles. The van der Waals surface area contributed by atoms with E-state index in [0.29, 0.717) is 43.0 Å². The molecule has 5 rings (SSSR count). The second-order valence-electron chi connectivity index (χ2n) is 8.44. The zero-order valence-electron chi connectivity index (χ0n) is 17.0. The molecule has 0 spiro atoms. The number of fused-ring (bicyclic) bond motifs is 4. The van der Waals surface area contributed by atoms with Gasteiger partial charge < -0.3 is 20.0 Å². The lowest BCUT2D eigenvalue weighted by Crippen LogP contribution is -2.41. The summed E-state index contributed by atoms with van der Waals surface area (Å²) in [5.74, 6) is -0.0547. The number of ketones is 1. The van der Waals surface area contributed by atoms with Gasteiger partial charge in [-0.25, -0.2) is 0 Å². The number of aromatic amines is 1. The van der Waals surface area contributed by atoms with E-state index in [0.717, 1.165) is 27.7 Å². The molecule has 1 fully saturated rings. The first-order valence-electron chi connectivity index (χ1n) is 10.1. The summed E-state index contributed by atoms with van der Waals surface area (Å²) in [6, 6.07) is 11.1. The number of hydrogen-bond acceptors (Lipinski definition) is 4. The summed E-state index contributed by atoms with van der Waals surface area (Å²) in [6.07, 6.45) is 1.30. The highest BCUT2D eigenvalue weighted by Crippen LogP contribution is 2.44. The van der Waals surface area contributed by atoms with Crippen LogP contribution in [0.25, 0.3) is 10.9 Å². The van der Waals surface area contributed by atoms with Gasteiger partial charge >= 0.3 is 0 Å². The van der Waals surface area contributed by atoms with E-state index >= 15 is 0 Å². The number of hydrogen-bond donors (Lipinski definition) is 2. The number of carbonyl (C=O) groups excluding carboxylic acids is 2. The van der Waals surface area contributed by atoms with Crippen molar-refractivity contribution in [2.45, 2.75) is 19.3 Å². The molecule has 3 aromatic rings. The van der Waals surface area contributed by atoms with Crippen molar-refractivity contribution in [1.29, 1.82) is 5.41 Å². The van der Waals surface area contributed by atoms with Gasteiger partial charge in [0.15, 0.2) is 5.78 Å². The maximum Gasteiger partial charge on any atom is 0.254 e. The van der Waals surface area contributed by atoms with E-state index < -0.39 is 5.41 Å². The maximum absolute atomic E-state index is 13.4. The Morgan fingerprint density at radius 2 is 1.93 bits per heavy atom. The maximum atomic E-state index is 13.4. The number of amides is 1. The number of rotatable bonds is 2. The second-order valence-corrected chi connectivity index (χ2v) is 8.44. The minimum Gasteiger partial charge on any atom is -0.378 e. The van der Waals surface area contributed by atoms with Crippen LogP contribution < -0.4 is 0 Å². The highest BCUT2D eigenvalue weighted by atomic mass is 16.5. The van der Waals surface area contributed by atoms with Crippen molar-refractivity contribution in [2.75, 3.05) is 26.3 Å². The van der Waals surface area contributed by atoms with Gasteiger partial charge in [0, 0.05) is 52.4 Å². The number of nitrogens with zero attached hydrogens (tertiary/aromatic N) is 1. The first-order valence-corrected chi connectivity index (χ1v) is 10.1. The summed E-state index contributed by atoms with van der Waals surface area (Å²) in [5, 5.41) is 8.37. The first kappa shape index (κ1) is 18.8. The third-order valence-corrected chi connectivity index (χ3v) is 6.32. The van der Waals surface area contributed by atoms with Crippen LogP contribution in [0.15, 0.2) is 36.4 Å². The largest absolute Gasteiger partial charge is 0.378 e. The molecule has 1 saturated heterocycles. The van der Waals surface area contributed by atoms with Gasteiger partial charge in [-0.15, -0.1) is 0 Å². The topological polar surface area (TPSA) is 86.2 Å². The lowest BCUT2D eigenvalue weighted by molar-refractivity contribution is 0.0302. The van der Waals surface area contributed by atoms with Crippen molar-refractivity contribution >= 4 is 28.8 Å². The molecule has 30 heavy (non-hydrogen) atoms. The highest BCUT2D eigenvalue weighted by molar-refractivity contribution is 6.20. The molecule has 0 saturated carbocycles. The molecular formula is C24H23N3O3. The molecule has 0 unspecified atom stereocenters. The lowest BCUT2D eigenvalue weighted by Gasteiger charge is -2.33. The minimum atomic E-state index is -0.469. The lowest BCUT2D eigenvalue weighted by atomic mass is 9.71. The molecule has 2 N–H and O–H groups in total. The van der Waals surface area contributed by atoms with E-state index in [4.69, 9.17) is 10.1 Å². The van der Waals surface area contributed by atoms with Crippen LogP contribution in [0, 0.1) is 5.41 Å². The van der Waals surface area contributed by atoms with Crippen LogP contribution in [0.5, 0.6) is 0 Å². The molecule has 1 amide bonds. The van der Waals surface area contributed by atoms with Gasteiger partial charge in [0.1, 0.15) is 0 Å². The third-order valence-electron chi connectivity index (χ3n) is 6.32. The van der Waals surface area contributed by atoms with Gasteiger partial charge in [0.05, 0.1) is 18.8 Å². The van der Waals surface area contributed by atoms with Gasteiger partial charge in [-0.2, -0.15) is 0 Å². The van der Waals surface area contributed by atoms with E-state index in [-0.39, 0.29) is 11.7 Å². The van der Waals surface area contributed by atoms with E-state index in [1.54, 1.807) is 17.0 Å². The molecular weight excluding hydrogens is 378 g/mol. The Hall–Kier alpha value is -3.25. The van der Waals surface area contributed by atoms with Gasteiger partial charge in [0.2, 0.25) is 0 Å². The zero-order valence-corrected chi connectivity index (χ0v) is 17.0. The van der Waals surface area contributed by atoms with E-state index in [1.165, 1.54) is 6.21 Å². The number of carbonyl (C=O) groups is 2. The first-order chi connectivity index (χ1) is 14.4. The zero-order chi connectivity index (χ0) is 21.0. The van der Waals surface area contributed by atoms with Gasteiger partial charge in [0.25, 0.3) is 5.91 Å². The molecule has 0 atom stereocenters. The van der Waals surface area contributed by atoms with Crippen molar-refractivity contribution in [3.63, 3.8) is 0 Å². The number of ether oxygens (including phenoxy) is 1. The van der Waals surface area contributed by atoms with Gasteiger partial charge in [-0.1, -0.05) is 26.0 Å². The Bertz CT molecular complexity index is 1220. The molecule has 0 bridgehead atoms. The second kappa shape index (κ2) is 6.64. The summed E-state index contributed by atoms with van der Waals surface area (Å²) in [4.78, 5) is 31.7. The van der Waals surface area contributed by atoms with Crippen LogP contribution in [-0.4, -0.2) is 54.1 Å². The van der Waals surface area contributed by atoms with Gasteiger partial charge in [-0.05, 0) is 35.4 Å². The van der Waals surface area contributed by atoms with Crippen LogP contribution >= 0.6 is 0 Å². The summed E-state index contributed by atoms with van der Waals surface area (Å²) in [7, 11) is 0. The van der Waals surface area contributed by atoms with Crippen LogP contribution in [0.4, 0.5) is 0 Å². The normalized spacial score (nSPS) is 17.5. The average Bonchev–Trinajstić information content (AvgIpc) is 3.17. The number of H-pyrrole nitrogens is 1. The fourth-order valence-electron chi connectivity index (χ4n) is 4.62. The quantitative estimate of drug-likeness (QED) is 0.645. The van der Waals surface area contributed by atoms with Crippen molar-refractivity contribution in [1.82, 2.24) is 9.88 Å². The average molecular weight is 401 g/mol. The molecule has 1 aromatic heterocycles. The fraction of sp³-hybridized carbons (Fsp3) is 0.292. The predicted molar refractivity (Wildman–Crippen MR) is 115 cm³/mol. The molecule has 2 aromatic carbocycles. The van der Waals surface area contributed by atoms with E-state index in [2.05, 4.69) is 18.8 Å². The van der Waals surface area contributed by atoms with Crippen LogP contribution in [0.3, 0.4) is 0 Å². The summed E-state index contributed by atoms with van der Waals surface area (Å²) < 4.78 is 5.35. The summed E-state index contributed by atoms with van der Waals surface area (Å²) in [5.41, 5.74) is 4.80. The predicted octanol–water partition coefficient (Wildman–Crippen LogP) is 3.51. The van der Waals surface area contributed by atoms with E-state index in [9.17, 15) is 9.59 Å². The number of benzene rings is 2. The van der Waals surface area contributed by atoms with Crippen molar-refractivity contribution in [3.8, 4) is 0 Å². The van der Waals surface area contributed by atoms with Gasteiger partial charge in [-0.3, -0.25) is 9.59 Å². The van der Waals surface area contributed by atoms with Crippen LogP contribution in [-0.2, 0) is 10.2 Å². The smallest absolute Gasteiger partial charge is 0.254 e. The molecule has 6 heteroatoms.